The number of nitrogens with zero attached hydrogens (tertiary/aromatic N) is 1. The molecule has 6 nitrogen and oxygen atoms in total. The van der Waals surface area contributed by atoms with Gasteiger partial charge in [-0.3, -0.25) is 9.59 Å². The fourth-order valence-electron chi connectivity index (χ4n) is 4.80. The summed E-state index contributed by atoms with van der Waals surface area (Å²) in [5.41, 5.74) is 7.55. The Kier molecular flexibility index (Phi) is 6.88. The Morgan fingerprint density at radius 2 is 1.66 bits per heavy atom. The molecule has 3 fully saturated rings. The van der Waals surface area contributed by atoms with E-state index in [1.54, 1.807) is 0 Å². The van der Waals surface area contributed by atoms with Crippen molar-refractivity contribution in [3.63, 3.8) is 0 Å². The molecule has 3 aliphatic rings. The Morgan fingerprint density at radius 1 is 0.966 bits per heavy atom. The van der Waals surface area contributed by atoms with E-state index >= 15 is 0 Å². The molecule has 2 heterocycles. The number of rotatable bonds is 4. The lowest BCUT2D eigenvalue weighted by molar-refractivity contribution is -0.137. The highest BCUT2D eigenvalue weighted by molar-refractivity contribution is 9.10. The summed E-state index contributed by atoms with van der Waals surface area (Å²) in [6.45, 7) is 1.52. The lowest BCUT2D eigenvalue weighted by Crippen LogP contribution is -2.51. The summed E-state index contributed by atoms with van der Waals surface area (Å²) in [6, 6.07) is 8.25. The first kappa shape index (κ1) is 20.8. The summed E-state index contributed by atoms with van der Waals surface area (Å²) < 4.78 is 1.05. The van der Waals surface area contributed by atoms with Gasteiger partial charge in [-0.2, -0.15) is 0 Å². The van der Waals surface area contributed by atoms with Crippen molar-refractivity contribution in [1.82, 2.24) is 21.1 Å². The summed E-state index contributed by atoms with van der Waals surface area (Å²) in [5, 5.41) is 3.19. The van der Waals surface area contributed by atoms with E-state index in [9.17, 15) is 9.59 Å². The van der Waals surface area contributed by atoms with Crippen molar-refractivity contribution in [2.75, 3.05) is 13.1 Å². The van der Waals surface area contributed by atoms with E-state index < -0.39 is 0 Å². The Bertz CT molecular complexity index is 712. The summed E-state index contributed by atoms with van der Waals surface area (Å²) in [5.74, 6) is 0.627. The maximum atomic E-state index is 12.7. The fraction of sp³-hybridized carbons (Fsp3) is 0.636. The third kappa shape index (κ3) is 5.19. The van der Waals surface area contributed by atoms with Gasteiger partial charge < -0.3 is 10.2 Å². The second-order valence-corrected chi connectivity index (χ2v) is 9.54. The number of nitrogens with one attached hydrogen (secondary N) is 3. The average molecular weight is 463 g/mol. The van der Waals surface area contributed by atoms with E-state index in [2.05, 4.69) is 44.2 Å². The van der Waals surface area contributed by atoms with Crippen LogP contribution in [-0.4, -0.2) is 41.9 Å². The molecule has 2 saturated heterocycles. The zero-order valence-corrected chi connectivity index (χ0v) is 18.4. The lowest BCUT2D eigenvalue weighted by Gasteiger charge is -2.35. The van der Waals surface area contributed by atoms with Crippen LogP contribution in [0.15, 0.2) is 28.7 Å². The minimum absolute atomic E-state index is 0.0502. The fourth-order valence-corrected chi connectivity index (χ4v) is 5.06. The lowest BCUT2D eigenvalue weighted by atomic mass is 9.87. The monoisotopic (exact) mass is 462 g/mol. The van der Waals surface area contributed by atoms with Crippen molar-refractivity contribution in [1.29, 1.82) is 0 Å². The average Bonchev–Trinajstić information content (AvgIpc) is 3.25. The van der Waals surface area contributed by atoms with Crippen LogP contribution in [0.4, 0.5) is 0 Å². The molecule has 1 saturated carbocycles. The van der Waals surface area contributed by atoms with Gasteiger partial charge in [0.25, 0.3) is 0 Å². The number of hydrazine groups is 1. The van der Waals surface area contributed by atoms with Gasteiger partial charge >= 0.3 is 0 Å². The molecular weight excluding hydrogens is 432 g/mol. The number of benzene rings is 1. The van der Waals surface area contributed by atoms with Crippen molar-refractivity contribution < 1.29 is 9.59 Å². The molecule has 158 valence electrons. The zero-order chi connectivity index (χ0) is 20.2. The summed E-state index contributed by atoms with van der Waals surface area (Å²) in [7, 11) is 0. The van der Waals surface area contributed by atoms with E-state index in [-0.39, 0.29) is 30.0 Å². The van der Waals surface area contributed by atoms with Crippen LogP contribution < -0.4 is 16.2 Å². The molecule has 0 radical (unpaired) electrons. The molecule has 0 bridgehead atoms. The highest BCUT2D eigenvalue weighted by Gasteiger charge is 2.33. The van der Waals surface area contributed by atoms with Crippen molar-refractivity contribution in [2.24, 2.45) is 5.92 Å². The molecule has 2 aliphatic heterocycles. The molecule has 0 spiro atoms. The summed E-state index contributed by atoms with van der Waals surface area (Å²) in [4.78, 5) is 27.4. The molecule has 1 aromatic carbocycles. The van der Waals surface area contributed by atoms with Gasteiger partial charge in [-0.15, -0.1) is 0 Å². The SMILES string of the molecule is O=C(NC1CCN(C(=O)C2CCCCC2)CC1)C1CC(c2ccc(Br)cc2)NN1. The largest absolute Gasteiger partial charge is 0.352 e. The van der Waals surface area contributed by atoms with Crippen LogP contribution in [0.1, 0.15) is 63.0 Å². The van der Waals surface area contributed by atoms with Crippen LogP contribution in [0.5, 0.6) is 0 Å². The smallest absolute Gasteiger partial charge is 0.238 e. The number of hydrogen-bond donors (Lipinski definition) is 3. The third-order valence-electron chi connectivity index (χ3n) is 6.60. The normalized spacial score (nSPS) is 26.4. The highest BCUT2D eigenvalue weighted by atomic mass is 79.9. The predicted octanol–water partition coefficient (Wildman–Crippen LogP) is 3.04. The van der Waals surface area contributed by atoms with Gasteiger partial charge in [0.05, 0.1) is 0 Å². The Hall–Kier alpha value is -1.44. The maximum absolute atomic E-state index is 12.7. The molecule has 0 aromatic heterocycles. The van der Waals surface area contributed by atoms with Crippen molar-refractivity contribution in [3.8, 4) is 0 Å². The van der Waals surface area contributed by atoms with Crippen LogP contribution in [0.25, 0.3) is 0 Å². The molecule has 29 heavy (non-hydrogen) atoms. The predicted molar refractivity (Wildman–Crippen MR) is 116 cm³/mol. The Balaban J connectivity index is 1.22. The van der Waals surface area contributed by atoms with Gasteiger partial charge in [-0.25, -0.2) is 10.9 Å². The first-order valence-electron chi connectivity index (χ1n) is 11.0. The van der Waals surface area contributed by atoms with Crippen LogP contribution in [0, 0.1) is 5.92 Å². The number of carbonyl (C=O) groups excluding carboxylic acids is 2. The Morgan fingerprint density at radius 3 is 2.34 bits per heavy atom. The van der Waals surface area contributed by atoms with Gasteiger partial charge in [0, 0.05) is 35.6 Å². The minimum Gasteiger partial charge on any atom is -0.352 e. The zero-order valence-electron chi connectivity index (χ0n) is 16.8. The number of likely N-dealkylation sites (tertiary alicyclic amines) is 1. The molecular formula is C22H31BrN4O2. The highest BCUT2D eigenvalue weighted by Crippen LogP contribution is 2.27. The van der Waals surface area contributed by atoms with E-state index in [4.69, 9.17) is 0 Å². The molecule has 2 atom stereocenters. The first-order chi connectivity index (χ1) is 14.1. The molecule has 1 aromatic rings. The van der Waals surface area contributed by atoms with Crippen molar-refractivity contribution in [3.05, 3.63) is 34.3 Å². The number of halogens is 1. The Labute approximate surface area is 181 Å². The van der Waals surface area contributed by atoms with Crippen LogP contribution >= 0.6 is 15.9 Å². The van der Waals surface area contributed by atoms with Crippen LogP contribution in [0.3, 0.4) is 0 Å². The van der Waals surface area contributed by atoms with Crippen molar-refractivity contribution >= 4 is 27.7 Å². The summed E-state index contributed by atoms with van der Waals surface area (Å²) >= 11 is 3.46. The van der Waals surface area contributed by atoms with Gasteiger partial charge in [0.2, 0.25) is 11.8 Å². The van der Waals surface area contributed by atoms with E-state index in [0.29, 0.717) is 5.91 Å². The second-order valence-electron chi connectivity index (χ2n) is 8.62. The van der Waals surface area contributed by atoms with E-state index in [0.717, 1.165) is 49.7 Å². The number of amides is 2. The van der Waals surface area contributed by atoms with Gasteiger partial charge in [-0.1, -0.05) is 47.3 Å². The van der Waals surface area contributed by atoms with Crippen LogP contribution in [-0.2, 0) is 9.59 Å². The second kappa shape index (κ2) is 9.58. The number of carbonyl (C=O) groups is 2. The quantitative estimate of drug-likeness (QED) is 0.642. The third-order valence-corrected chi connectivity index (χ3v) is 7.13. The number of piperidine rings is 1. The number of hydrogen-bond acceptors (Lipinski definition) is 4. The molecule has 2 amide bonds. The molecule has 4 rings (SSSR count). The van der Waals surface area contributed by atoms with Gasteiger partial charge in [0.15, 0.2) is 0 Å². The molecule has 7 heteroatoms. The van der Waals surface area contributed by atoms with E-state index in [1.165, 1.54) is 24.8 Å². The van der Waals surface area contributed by atoms with Crippen LogP contribution in [0.2, 0.25) is 0 Å². The molecule has 2 unspecified atom stereocenters. The molecule has 3 N–H and O–H groups in total. The summed E-state index contributed by atoms with van der Waals surface area (Å²) in [6.07, 6.45) is 8.17. The minimum atomic E-state index is -0.231. The first-order valence-corrected chi connectivity index (χ1v) is 11.7. The van der Waals surface area contributed by atoms with Gasteiger partial charge in [-0.05, 0) is 49.8 Å². The van der Waals surface area contributed by atoms with Crippen molar-refractivity contribution in [2.45, 2.75) is 69.5 Å². The van der Waals surface area contributed by atoms with Gasteiger partial charge in [0.1, 0.15) is 6.04 Å². The molecule has 1 aliphatic carbocycles. The maximum Gasteiger partial charge on any atom is 0.238 e. The standard InChI is InChI=1S/C22H31BrN4O2/c23-17-8-6-15(7-9-17)19-14-20(26-25-19)21(28)24-18-10-12-27(13-11-18)22(29)16-4-2-1-3-5-16/h6-9,16,18-20,25-26H,1-5,10-14H2,(H,24,28). The van der Waals surface area contributed by atoms with E-state index in [1.807, 2.05) is 17.0 Å². The topological polar surface area (TPSA) is 73.5 Å².